The second-order valence-corrected chi connectivity index (χ2v) is 6.20. The highest BCUT2D eigenvalue weighted by Crippen LogP contribution is 2.19. The zero-order valence-corrected chi connectivity index (χ0v) is 13.9. The molecule has 1 N–H and O–H groups in total. The van der Waals surface area contributed by atoms with E-state index in [1.807, 2.05) is 37.3 Å². The van der Waals surface area contributed by atoms with Crippen LogP contribution in [0.3, 0.4) is 0 Å². The van der Waals surface area contributed by atoms with Gasteiger partial charge >= 0.3 is 5.97 Å². The van der Waals surface area contributed by atoms with Crippen LogP contribution in [0.25, 0.3) is 10.2 Å². The van der Waals surface area contributed by atoms with Crippen LogP contribution in [0.15, 0.2) is 54.0 Å². The Hall–Kier alpha value is -2.73. The quantitative estimate of drug-likeness (QED) is 0.723. The maximum atomic E-state index is 12.1. The van der Waals surface area contributed by atoms with Gasteiger partial charge in [0.15, 0.2) is 6.61 Å². The van der Waals surface area contributed by atoms with E-state index >= 15 is 0 Å². The van der Waals surface area contributed by atoms with Crippen molar-refractivity contribution in [2.45, 2.75) is 13.0 Å². The highest BCUT2D eigenvalue weighted by Gasteiger charge is 2.13. The molecule has 3 rings (SSSR count). The average Bonchev–Trinajstić information content (AvgIpc) is 3.08. The predicted molar refractivity (Wildman–Crippen MR) is 92.9 cm³/mol. The minimum absolute atomic E-state index is 0.147. The number of nitrogens with one attached hydrogen (secondary N) is 1. The first-order valence-corrected chi connectivity index (χ1v) is 8.36. The third kappa shape index (κ3) is 3.78. The predicted octanol–water partition coefficient (Wildman–Crippen LogP) is 3.33. The van der Waals surface area contributed by atoms with E-state index in [-0.39, 0.29) is 18.6 Å². The number of carbonyl (C=O) groups is 2. The number of amides is 1. The molecule has 3 aromatic rings. The molecule has 0 aliphatic carbocycles. The molecule has 1 atom stereocenters. The zero-order valence-electron chi connectivity index (χ0n) is 13.1. The molecular weight excluding hydrogens is 324 g/mol. The molecule has 0 aliphatic rings. The van der Waals surface area contributed by atoms with Crippen molar-refractivity contribution >= 4 is 33.4 Å². The van der Waals surface area contributed by atoms with Crippen LogP contribution in [-0.2, 0) is 9.53 Å². The summed E-state index contributed by atoms with van der Waals surface area (Å²) >= 11 is 1.45. The molecule has 0 aliphatic heterocycles. The number of thiazole rings is 1. The summed E-state index contributed by atoms with van der Waals surface area (Å²) in [5.41, 5.74) is 3.97. The number of ether oxygens (including phenoxy) is 1. The Kier molecular flexibility index (Phi) is 4.86. The normalized spacial score (nSPS) is 11.9. The van der Waals surface area contributed by atoms with Gasteiger partial charge in [0.25, 0.3) is 5.91 Å². The van der Waals surface area contributed by atoms with Crippen LogP contribution in [0.5, 0.6) is 0 Å². The molecule has 0 radical (unpaired) electrons. The molecule has 1 heterocycles. The van der Waals surface area contributed by atoms with Gasteiger partial charge in [0.2, 0.25) is 0 Å². The van der Waals surface area contributed by atoms with Gasteiger partial charge in [0.1, 0.15) is 0 Å². The second-order valence-electron chi connectivity index (χ2n) is 5.31. The zero-order chi connectivity index (χ0) is 16.9. The molecule has 24 heavy (non-hydrogen) atoms. The Bertz CT molecular complexity index is 861. The van der Waals surface area contributed by atoms with E-state index in [0.29, 0.717) is 5.56 Å². The monoisotopic (exact) mass is 340 g/mol. The maximum Gasteiger partial charge on any atom is 0.338 e. The number of hydrogen-bond donors (Lipinski definition) is 1. The van der Waals surface area contributed by atoms with Crippen LogP contribution >= 0.6 is 11.3 Å². The van der Waals surface area contributed by atoms with E-state index < -0.39 is 5.97 Å². The van der Waals surface area contributed by atoms with Gasteiger partial charge in [-0.25, -0.2) is 9.78 Å². The van der Waals surface area contributed by atoms with Gasteiger partial charge in [0.05, 0.1) is 27.3 Å². The maximum absolute atomic E-state index is 12.1. The van der Waals surface area contributed by atoms with E-state index in [2.05, 4.69) is 10.3 Å². The SMILES string of the molecule is C[C@H](NC(=O)COC(=O)c1ccc2ncsc2c1)c1ccccc1. The van der Waals surface area contributed by atoms with Gasteiger partial charge in [-0.2, -0.15) is 0 Å². The fraction of sp³-hybridized carbons (Fsp3) is 0.167. The lowest BCUT2D eigenvalue weighted by Gasteiger charge is -2.14. The van der Waals surface area contributed by atoms with Gasteiger partial charge < -0.3 is 10.1 Å². The number of aromatic nitrogens is 1. The number of fused-ring (bicyclic) bond motifs is 1. The summed E-state index contributed by atoms with van der Waals surface area (Å²) in [6.45, 7) is 1.57. The lowest BCUT2D eigenvalue weighted by Crippen LogP contribution is -2.31. The Labute approximate surface area is 143 Å². The first kappa shape index (κ1) is 16.1. The number of nitrogens with zero attached hydrogens (tertiary/aromatic N) is 1. The smallest absolute Gasteiger partial charge is 0.338 e. The highest BCUT2D eigenvalue weighted by atomic mass is 32.1. The third-order valence-electron chi connectivity index (χ3n) is 3.58. The summed E-state index contributed by atoms with van der Waals surface area (Å²) in [5, 5.41) is 2.80. The van der Waals surface area contributed by atoms with Gasteiger partial charge in [0, 0.05) is 0 Å². The average molecular weight is 340 g/mol. The minimum atomic E-state index is -0.521. The van der Waals surface area contributed by atoms with Crippen molar-refractivity contribution in [1.82, 2.24) is 10.3 Å². The van der Waals surface area contributed by atoms with Crippen LogP contribution in [0.2, 0.25) is 0 Å². The van der Waals surface area contributed by atoms with E-state index in [1.54, 1.807) is 23.7 Å². The van der Waals surface area contributed by atoms with Crippen LogP contribution in [0.1, 0.15) is 28.9 Å². The fourth-order valence-corrected chi connectivity index (χ4v) is 3.02. The van der Waals surface area contributed by atoms with E-state index in [0.717, 1.165) is 15.8 Å². The van der Waals surface area contributed by atoms with Gasteiger partial charge in [-0.1, -0.05) is 30.3 Å². The Balaban J connectivity index is 1.54. The van der Waals surface area contributed by atoms with Crippen molar-refractivity contribution < 1.29 is 14.3 Å². The Morgan fingerprint density at radius 3 is 2.79 bits per heavy atom. The van der Waals surface area contributed by atoms with E-state index in [9.17, 15) is 9.59 Å². The van der Waals surface area contributed by atoms with Crippen molar-refractivity contribution in [3.8, 4) is 0 Å². The van der Waals surface area contributed by atoms with Crippen LogP contribution in [0.4, 0.5) is 0 Å². The highest BCUT2D eigenvalue weighted by molar-refractivity contribution is 7.16. The Morgan fingerprint density at radius 1 is 1.21 bits per heavy atom. The molecular formula is C18H16N2O3S. The van der Waals surface area contributed by atoms with E-state index in [4.69, 9.17) is 4.74 Å². The summed E-state index contributed by atoms with van der Waals surface area (Å²) in [7, 11) is 0. The fourth-order valence-electron chi connectivity index (χ4n) is 2.30. The number of carbonyl (C=O) groups excluding carboxylic acids is 2. The van der Waals surface area contributed by atoms with Crippen molar-refractivity contribution in [1.29, 1.82) is 0 Å². The third-order valence-corrected chi connectivity index (χ3v) is 4.37. The molecule has 122 valence electrons. The largest absolute Gasteiger partial charge is 0.452 e. The topological polar surface area (TPSA) is 68.3 Å². The first-order chi connectivity index (χ1) is 11.6. The molecule has 6 heteroatoms. The molecule has 0 saturated heterocycles. The van der Waals surface area contributed by atoms with Crippen molar-refractivity contribution in [3.05, 3.63) is 65.2 Å². The van der Waals surface area contributed by atoms with E-state index in [1.165, 1.54) is 11.3 Å². The molecule has 1 aromatic heterocycles. The van der Waals surface area contributed by atoms with Crippen molar-refractivity contribution in [2.24, 2.45) is 0 Å². The van der Waals surface area contributed by atoms with Gasteiger partial charge in [-0.05, 0) is 30.7 Å². The summed E-state index contributed by atoms with van der Waals surface area (Å²) in [4.78, 5) is 28.1. The number of rotatable bonds is 5. The second kappa shape index (κ2) is 7.23. The van der Waals surface area contributed by atoms with Gasteiger partial charge in [-0.15, -0.1) is 11.3 Å². The van der Waals surface area contributed by atoms with Crippen LogP contribution in [-0.4, -0.2) is 23.5 Å². The summed E-state index contributed by atoms with van der Waals surface area (Å²) < 4.78 is 5.99. The van der Waals surface area contributed by atoms with Gasteiger partial charge in [-0.3, -0.25) is 4.79 Å². The molecule has 1 amide bonds. The lowest BCUT2D eigenvalue weighted by atomic mass is 10.1. The molecule has 0 bridgehead atoms. The first-order valence-electron chi connectivity index (χ1n) is 7.48. The molecule has 0 spiro atoms. The molecule has 2 aromatic carbocycles. The lowest BCUT2D eigenvalue weighted by molar-refractivity contribution is -0.124. The summed E-state index contributed by atoms with van der Waals surface area (Å²) in [6, 6.07) is 14.6. The van der Waals surface area contributed by atoms with Crippen molar-refractivity contribution in [2.75, 3.05) is 6.61 Å². The molecule has 5 nitrogen and oxygen atoms in total. The molecule has 0 fully saturated rings. The van der Waals surface area contributed by atoms with Crippen molar-refractivity contribution in [3.63, 3.8) is 0 Å². The van der Waals surface area contributed by atoms with Crippen LogP contribution < -0.4 is 5.32 Å². The number of esters is 1. The molecule has 0 saturated carbocycles. The summed E-state index contributed by atoms with van der Waals surface area (Å²) in [5.74, 6) is -0.855. The number of hydrogen-bond acceptors (Lipinski definition) is 5. The Morgan fingerprint density at radius 2 is 2.00 bits per heavy atom. The number of benzene rings is 2. The summed E-state index contributed by atoms with van der Waals surface area (Å²) in [6.07, 6.45) is 0. The minimum Gasteiger partial charge on any atom is -0.452 e. The standard InChI is InChI=1S/C18H16N2O3S/c1-12(13-5-3-2-4-6-13)20-17(21)10-23-18(22)14-7-8-15-16(9-14)24-11-19-15/h2-9,11-12H,10H2,1H3,(H,20,21)/t12-/m0/s1. The molecule has 0 unspecified atom stereocenters. The van der Waals surface area contributed by atoms with Crippen LogP contribution in [0, 0.1) is 0 Å².